The molecule has 3 rings (SSSR count). The molecule has 3 atom stereocenters. The van der Waals surface area contributed by atoms with Crippen molar-refractivity contribution in [2.24, 2.45) is 11.8 Å². The quantitative estimate of drug-likeness (QED) is 0.785. The monoisotopic (exact) mass is 359 g/mol. The fourth-order valence-electron chi connectivity index (χ4n) is 3.95. The van der Waals surface area contributed by atoms with Gasteiger partial charge < -0.3 is 9.80 Å². The van der Waals surface area contributed by atoms with Crippen LogP contribution in [0.5, 0.6) is 0 Å². The number of hydrogen-bond donors (Lipinski definition) is 2. The Morgan fingerprint density at radius 1 is 1.31 bits per heavy atom. The number of carbonyl (C=O) groups is 2. The first-order valence-corrected chi connectivity index (χ1v) is 9.39. The molecule has 3 unspecified atom stereocenters. The Bertz CT molecular complexity index is 628. The highest BCUT2D eigenvalue weighted by Crippen LogP contribution is 2.23. The molecule has 1 aromatic heterocycles. The van der Waals surface area contributed by atoms with Crippen molar-refractivity contribution in [3.8, 4) is 0 Å². The lowest BCUT2D eigenvalue weighted by Crippen LogP contribution is -2.37. The molecule has 7 nitrogen and oxygen atoms in total. The molecule has 7 heteroatoms. The Labute approximate surface area is 155 Å². The summed E-state index contributed by atoms with van der Waals surface area (Å²) in [7, 11) is 1.85. The lowest BCUT2D eigenvalue weighted by atomic mass is 9.93. The van der Waals surface area contributed by atoms with Crippen LogP contribution in [-0.2, 0) is 16.1 Å². The van der Waals surface area contributed by atoms with E-state index in [0.29, 0.717) is 44.1 Å². The number of rotatable bonds is 6. The van der Waals surface area contributed by atoms with Crippen LogP contribution >= 0.6 is 0 Å². The first-order chi connectivity index (χ1) is 12.5. The van der Waals surface area contributed by atoms with Gasteiger partial charge in [0.2, 0.25) is 11.8 Å². The van der Waals surface area contributed by atoms with Gasteiger partial charge in [-0.1, -0.05) is 6.07 Å². The fourth-order valence-corrected chi connectivity index (χ4v) is 3.95. The second-order valence-electron chi connectivity index (χ2n) is 7.57. The molecule has 2 saturated heterocycles. The molecule has 0 radical (unpaired) electrons. The van der Waals surface area contributed by atoms with E-state index in [-0.39, 0.29) is 17.7 Å². The van der Waals surface area contributed by atoms with Gasteiger partial charge in [0.25, 0.3) is 0 Å². The van der Waals surface area contributed by atoms with Crippen LogP contribution in [-0.4, -0.2) is 58.8 Å². The molecular weight excluding hydrogens is 330 g/mol. The minimum atomic E-state index is -0.245. The summed E-state index contributed by atoms with van der Waals surface area (Å²) in [5, 5.41) is 0. The molecule has 0 saturated carbocycles. The number of hydrazine groups is 1. The summed E-state index contributed by atoms with van der Waals surface area (Å²) in [5.74, 6) is 0.358. The van der Waals surface area contributed by atoms with E-state index in [1.165, 1.54) is 0 Å². The van der Waals surface area contributed by atoms with Gasteiger partial charge >= 0.3 is 0 Å². The Morgan fingerprint density at radius 3 is 2.69 bits per heavy atom. The Morgan fingerprint density at radius 2 is 2.04 bits per heavy atom. The molecule has 0 aliphatic carbocycles. The average molecular weight is 359 g/mol. The number of aromatic nitrogens is 1. The van der Waals surface area contributed by atoms with E-state index in [4.69, 9.17) is 0 Å². The van der Waals surface area contributed by atoms with Gasteiger partial charge in [-0.15, -0.1) is 0 Å². The molecule has 2 fully saturated rings. The van der Waals surface area contributed by atoms with Gasteiger partial charge in [-0.3, -0.25) is 25.4 Å². The number of hydrogen-bond acceptors (Lipinski definition) is 5. The standard InChI is InChI=1S/C19H29N5O2/c1-13-17(14(2)22-21-13)7-9-23(3)19(26)15-10-18(25)24(11-15)12-16-6-4-5-8-20-16/h4-6,8,13-15,17,21-22H,7,9-12H2,1-3H3. The van der Waals surface area contributed by atoms with Crippen molar-refractivity contribution in [1.29, 1.82) is 0 Å². The molecule has 2 amide bonds. The highest BCUT2D eigenvalue weighted by molar-refractivity contribution is 5.89. The normalized spacial score (nSPS) is 28.6. The van der Waals surface area contributed by atoms with Crippen LogP contribution in [0.15, 0.2) is 24.4 Å². The van der Waals surface area contributed by atoms with Crippen LogP contribution in [0.25, 0.3) is 0 Å². The van der Waals surface area contributed by atoms with Crippen LogP contribution < -0.4 is 10.9 Å². The lowest BCUT2D eigenvalue weighted by molar-refractivity contribution is -0.134. The minimum Gasteiger partial charge on any atom is -0.345 e. The van der Waals surface area contributed by atoms with Gasteiger partial charge in [-0.2, -0.15) is 0 Å². The number of amides is 2. The summed E-state index contributed by atoms with van der Waals surface area (Å²) in [4.78, 5) is 32.8. The molecule has 1 aromatic rings. The van der Waals surface area contributed by atoms with Crippen molar-refractivity contribution >= 4 is 11.8 Å². The van der Waals surface area contributed by atoms with E-state index in [1.54, 1.807) is 16.0 Å². The van der Waals surface area contributed by atoms with Crippen molar-refractivity contribution < 1.29 is 9.59 Å². The number of likely N-dealkylation sites (tertiary alicyclic amines) is 1. The summed E-state index contributed by atoms with van der Waals surface area (Å²) in [6.45, 7) is 5.99. The maximum absolute atomic E-state index is 12.8. The third kappa shape index (κ3) is 4.22. The third-order valence-electron chi connectivity index (χ3n) is 5.64. The van der Waals surface area contributed by atoms with Crippen LogP contribution in [0.1, 0.15) is 32.4 Å². The molecule has 2 aliphatic heterocycles. The van der Waals surface area contributed by atoms with Crippen molar-refractivity contribution in [2.75, 3.05) is 20.1 Å². The highest BCUT2D eigenvalue weighted by Gasteiger charge is 2.36. The van der Waals surface area contributed by atoms with Gasteiger partial charge in [-0.25, -0.2) is 0 Å². The minimum absolute atomic E-state index is 0.0360. The Balaban J connectivity index is 1.50. The predicted octanol–water partition coefficient (Wildman–Crippen LogP) is 0.780. The van der Waals surface area contributed by atoms with E-state index < -0.39 is 0 Å². The van der Waals surface area contributed by atoms with Crippen LogP contribution in [0, 0.1) is 11.8 Å². The first-order valence-electron chi connectivity index (χ1n) is 9.39. The zero-order valence-electron chi connectivity index (χ0n) is 15.8. The molecule has 2 N–H and O–H groups in total. The first kappa shape index (κ1) is 18.8. The number of pyridine rings is 1. The molecule has 26 heavy (non-hydrogen) atoms. The second kappa shape index (κ2) is 8.14. The Kier molecular flexibility index (Phi) is 5.88. The molecule has 142 valence electrons. The van der Waals surface area contributed by atoms with Crippen LogP contribution in [0.2, 0.25) is 0 Å². The maximum atomic E-state index is 12.8. The summed E-state index contributed by atoms with van der Waals surface area (Å²) in [5.41, 5.74) is 7.36. The zero-order chi connectivity index (χ0) is 18.7. The van der Waals surface area contributed by atoms with Gasteiger partial charge in [0.1, 0.15) is 0 Å². The van der Waals surface area contributed by atoms with Crippen molar-refractivity contribution in [1.82, 2.24) is 25.6 Å². The summed E-state index contributed by atoms with van der Waals surface area (Å²) in [6.07, 6.45) is 2.97. The largest absolute Gasteiger partial charge is 0.345 e. The number of nitrogens with zero attached hydrogens (tertiary/aromatic N) is 3. The highest BCUT2D eigenvalue weighted by atomic mass is 16.2. The molecule has 0 aromatic carbocycles. The average Bonchev–Trinajstić information content (AvgIpc) is 3.15. The van der Waals surface area contributed by atoms with Gasteiger partial charge in [0.05, 0.1) is 18.2 Å². The predicted molar refractivity (Wildman–Crippen MR) is 98.7 cm³/mol. The molecular formula is C19H29N5O2. The van der Waals surface area contributed by atoms with Gasteiger partial charge in [0, 0.05) is 44.8 Å². The van der Waals surface area contributed by atoms with E-state index in [9.17, 15) is 9.59 Å². The van der Waals surface area contributed by atoms with Crippen molar-refractivity contribution in [2.45, 2.75) is 45.3 Å². The Hall–Kier alpha value is -1.99. The zero-order valence-corrected chi connectivity index (χ0v) is 15.8. The summed E-state index contributed by atoms with van der Waals surface area (Å²) < 4.78 is 0. The number of carbonyl (C=O) groups excluding carboxylic acids is 2. The summed E-state index contributed by atoms with van der Waals surface area (Å²) >= 11 is 0. The lowest BCUT2D eigenvalue weighted by Gasteiger charge is -2.25. The topological polar surface area (TPSA) is 77.6 Å². The fraction of sp³-hybridized carbons (Fsp3) is 0.632. The third-order valence-corrected chi connectivity index (χ3v) is 5.64. The van der Waals surface area contributed by atoms with E-state index in [0.717, 1.165) is 12.1 Å². The molecule has 2 aliphatic rings. The smallest absolute Gasteiger partial charge is 0.227 e. The summed E-state index contributed by atoms with van der Waals surface area (Å²) in [6, 6.07) is 6.47. The molecule has 3 heterocycles. The molecule has 0 bridgehead atoms. The van der Waals surface area contributed by atoms with Gasteiger partial charge in [0.15, 0.2) is 0 Å². The van der Waals surface area contributed by atoms with Crippen molar-refractivity contribution in [3.63, 3.8) is 0 Å². The number of nitrogens with one attached hydrogen (secondary N) is 2. The van der Waals surface area contributed by atoms with E-state index in [1.807, 2.05) is 25.2 Å². The van der Waals surface area contributed by atoms with Crippen molar-refractivity contribution in [3.05, 3.63) is 30.1 Å². The maximum Gasteiger partial charge on any atom is 0.227 e. The van der Waals surface area contributed by atoms with E-state index >= 15 is 0 Å². The second-order valence-corrected chi connectivity index (χ2v) is 7.57. The van der Waals surface area contributed by atoms with Crippen LogP contribution in [0.3, 0.4) is 0 Å². The van der Waals surface area contributed by atoms with E-state index in [2.05, 4.69) is 29.7 Å². The SMILES string of the molecule is CC1NNC(C)C1CCN(C)C(=O)C1CC(=O)N(Cc2ccccn2)C1. The van der Waals surface area contributed by atoms with Crippen LogP contribution in [0.4, 0.5) is 0 Å². The molecule has 0 spiro atoms. The van der Waals surface area contributed by atoms with Gasteiger partial charge in [-0.05, 0) is 38.3 Å².